The first-order chi connectivity index (χ1) is 20.7. The Balaban J connectivity index is 0.000000173. The van der Waals surface area contributed by atoms with Gasteiger partial charge in [-0.2, -0.15) is 15.3 Å². The van der Waals surface area contributed by atoms with Crippen LogP contribution in [0.15, 0.2) is 103 Å². The van der Waals surface area contributed by atoms with Crippen LogP contribution in [0.5, 0.6) is 0 Å². The minimum atomic E-state index is -1.61. The molecule has 0 fully saturated rings. The molecular formula is C30H29BF3IN6O2. The number of nitrogens with zero attached hydrogens (tertiary/aromatic N) is 5. The van der Waals surface area contributed by atoms with Gasteiger partial charge in [0.25, 0.3) is 0 Å². The number of hydrogen-bond acceptors (Lipinski definition) is 5. The number of H-pyrrole nitrogens is 1. The fourth-order valence-electron chi connectivity index (χ4n) is 3.84. The number of nitrogens with one attached hydrogen (secondary N) is 1. The molecule has 0 saturated heterocycles. The van der Waals surface area contributed by atoms with Crippen molar-refractivity contribution in [3.05, 3.63) is 121 Å². The molecule has 13 heteroatoms. The lowest BCUT2D eigenvalue weighted by Gasteiger charge is -1.97. The summed E-state index contributed by atoms with van der Waals surface area (Å²) < 4.78 is 42.8. The number of aryl methyl sites for hydroxylation is 2. The average molecular weight is 700 g/mol. The van der Waals surface area contributed by atoms with Crippen LogP contribution in [0.25, 0.3) is 33.8 Å². The third kappa shape index (κ3) is 9.14. The molecule has 43 heavy (non-hydrogen) atoms. The molecule has 3 aromatic heterocycles. The first-order valence-electron chi connectivity index (χ1n) is 12.8. The standard InChI is InChI=1S/C10H10BFN2O2.C10H9FN2.C9H7FN2.CH3I/c1-14-10(11(15)16)6-9(13-14)7-4-2-3-5-8(7)12;1-13-7-6-10(12-13)8-4-2-3-5-9(8)11;10-8-4-2-1-3-7(8)9-5-6-11-12-9;1-2/h2-6,15-16H,1H3;2-7H,1H3;1-6H,(H,11,12);1H3. The maximum absolute atomic E-state index is 13.4. The van der Waals surface area contributed by atoms with Gasteiger partial charge in [0.05, 0.1) is 22.7 Å². The molecule has 0 aliphatic heterocycles. The zero-order valence-corrected chi connectivity index (χ0v) is 25.7. The van der Waals surface area contributed by atoms with Gasteiger partial charge in [-0.25, -0.2) is 13.2 Å². The van der Waals surface area contributed by atoms with Crippen molar-refractivity contribution in [3.8, 4) is 33.8 Å². The Hall–Kier alpha value is -4.21. The second-order valence-corrected chi connectivity index (χ2v) is 8.74. The number of benzene rings is 3. The maximum atomic E-state index is 13.4. The van der Waals surface area contributed by atoms with E-state index in [0.29, 0.717) is 33.8 Å². The van der Waals surface area contributed by atoms with E-state index < -0.39 is 7.12 Å². The minimum Gasteiger partial charge on any atom is -0.422 e. The van der Waals surface area contributed by atoms with E-state index in [9.17, 15) is 13.2 Å². The number of alkyl halides is 1. The van der Waals surface area contributed by atoms with Crippen molar-refractivity contribution in [1.29, 1.82) is 0 Å². The van der Waals surface area contributed by atoms with E-state index in [1.807, 2.05) is 12.0 Å². The largest absolute Gasteiger partial charge is 0.507 e. The highest BCUT2D eigenvalue weighted by molar-refractivity contribution is 14.1. The highest BCUT2D eigenvalue weighted by Gasteiger charge is 2.19. The van der Waals surface area contributed by atoms with Gasteiger partial charge in [0.15, 0.2) is 0 Å². The van der Waals surface area contributed by atoms with Crippen molar-refractivity contribution < 1.29 is 23.2 Å². The molecule has 0 spiro atoms. The summed E-state index contributed by atoms with van der Waals surface area (Å²) in [5, 5.41) is 32.7. The number of rotatable bonds is 4. The molecule has 6 aromatic rings. The van der Waals surface area contributed by atoms with Crippen LogP contribution in [0.2, 0.25) is 0 Å². The van der Waals surface area contributed by atoms with Crippen LogP contribution in [0.4, 0.5) is 13.2 Å². The smallest absolute Gasteiger partial charge is 0.422 e. The fraction of sp³-hybridized carbons (Fsp3) is 0.100. The molecule has 0 unspecified atom stereocenters. The Morgan fingerprint density at radius 2 is 1.21 bits per heavy atom. The lowest BCUT2D eigenvalue weighted by Crippen LogP contribution is -2.35. The summed E-state index contributed by atoms with van der Waals surface area (Å²) in [6, 6.07) is 24.4. The topological polar surface area (TPSA) is 105 Å². The van der Waals surface area contributed by atoms with Crippen LogP contribution in [0, 0.1) is 17.5 Å². The second-order valence-electron chi connectivity index (χ2n) is 8.74. The van der Waals surface area contributed by atoms with Crippen molar-refractivity contribution in [2.45, 2.75) is 0 Å². The Kier molecular flexibility index (Phi) is 12.7. The SMILES string of the molecule is CI.Cn1ccc(-c2ccccc2F)n1.Cn1nc(-c2ccccc2F)cc1B(O)O.Fc1ccccc1-c1ccn[nH]1. The summed E-state index contributed by atoms with van der Waals surface area (Å²) in [7, 11) is 1.77. The first-order valence-corrected chi connectivity index (χ1v) is 14.9. The monoisotopic (exact) mass is 700 g/mol. The van der Waals surface area contributed by atoms with Crippen molar-refractivity contribution in [3.63, 3.8) is 0 Å². The van der Waals surface area contributed by atoms with Crippen LogP contribution in [-0.4, -0.2) is 51.9 Å². The molecule has 0 radical (unpaired) electrons. The van der Waals surface area contributed by atoms with Crippen molar-refractivity contribution in [2.24, 2.45) is 14.1 Å². The molecule has 0 bridgehead atoms. The summed E-state index contributed by atoms with van der Waals surface area (Å²) in [4.78, 5) is 1.97. The zero-order chi connectivity index (χ0) is 31.4. The van der Waals surface area contributed by atoms with E-state index in [1.54, 1.807) is 90.9 Å². The third-order valence-corrected chi connectivity index (χ3v) is 5.86. The Morgan fingerprint density at radius 3 is 1.63 bits per heavy atom. The van der Waals surface area contributed by atoms with Crippen LogP contribution in [0.1, 0.15) is 0 Å². The van der Waals surface area contributed by atoms with Gasteiger partial charge in [0.1, 0.15) is 17.5 Å². The summed E-state index contributed by atoms with van der Waals surface area (Å²) in [6.45, 7) is 0. The van der Waals surface area contributed by atoms with E-state index in [0.717, 1.165) is 0 Å². The highest BCUT2D eigenvalue weighted by Crippen LogP contribution is 2.21. The van der Waals surface area contributed by atoms with Gasteiger partial charge in [-0.3, -0.25) is 14.5 Å². The van der Waals surface area contributed by atoms with Gasteiger partial charge in [-0.1, -0.05) is 59.0 Å². The van der Waals surface area contributed by atoms with Gasteiger partial charge in [-0.05, 0) is 59.5 Å². The fourth-order valence-corrected chi connectivity index (χ4v) is 3.84. The molecule has 222 valence electrons. The Bertz CT molecular complexity index is 1710. The Labute approximate surface area is 261 Å². The Morgan fingerprint density at radius 1 is 0.698 bits per heavy atom. The van der Waals surface area contributed by atoms with Crippen molar-refractivity contribution >= 4 is 35.3 Å². The molecular weight excluding hydrogens is 671 g/mol. The second kappa shape index (κ2) is 16.4. The number of aromatic nitrogens is 6. The quantitative estimate of drug-likeness (QED) is 0.130. The van der Waals surface area contributed by atoms with E-state index >= 15 is 0 Å². The first kappa shape index (κ1) is 33.3. The molecule has 0 aliphatic rings. The van der Waals surface area contributed by atoms with Gasteiger partial charge in [0.2, 0.25) is 0 Å². The van der Waals surface area contributed by atoms with Gasteiger partial charge < -0.3 is 10.0 Å². The van der Waals surface area contributed by atoms with Crippen LogP contribution >= 0.6 is 22.6 Å². The predicted molar refractivity (Wildman–Crippen MR) is 171 cm³/mol. The van der Waals surface area contributed by atoms with E-state index in [4.69, 9.17) is 10.0 Å². The van der Waals surface area contributed by atoms with Crippen molar-refractivity contribution in [1.82, 2.24) is 29.8 Å². The number of aromatic amines is 1. The molecule has 0 atom stereocenters. The molecule has 3 aromatic carbocycles. The molecule has 0 saturated carbocycles. The molecule has 3 N–H and O–H groups in total. The van der Waals surface area contributed by atoms with Gasteiger partial charge in [0, 0.05) is 43.2 Å². The van der Waals surface area contributed by atoms with Crippen LogP contribution in [-0.2, 0) is 14.1 Å². The van der Waals surface area contributed by atoms with Gasteiger partial charge in [-0.15, -0.1) is 0 Å². The lowest BCUT2D eigenvalue weighted by molar-refractivity contribution is 0.421. The summed E-state index contributed by atoms with van der Waals surface area (Å²) in [5.74, 6) is -0.859. The normalized spacial score (nSPS) is 9.98. The average Bonchev–Trinajstić information content (AvgIpc) is 3.78. The molecule has 0 aliphatic carbocycles. The minimum absolute atomic E-state index is 0.221. The van der Waals surface area contributed by atoms with E-state index in [2.05, 4.69) is 43.0 Å². The lowest BCUT2D eigenvalue weighted by atomic mass is 9.85. The molecule has 3 heterocycles. The summed E-state index contributed by atoms with van der Waals surface area (Å²) in [6.07, 6.45) is 3.39. The summed E-state index contributed by atoms with van der Waals surface area (Å²) in [5.41, 5.74) is 3.40. The highest BCUT2D eigenvalue weighted by atomic mass is 127. The molecule has 0 amide bonds. The molecule has 8 nitrogen and oxygen atoms in total. The predicted octanol–water partition coefficient (Wildman–Crippen LogP) is 5.40. The van der Waals surface area contributed by atoms with Gasteiger partial charge >= 0.3 is 7.12 Å². The van der Waals surface area contributed by atoms with Crippen LogP contribution < -0.4 is 5.59 Å². The van der Waals surface area contributed by atoms with Crippen molar-refractivity contribution in [2.75, 3.05) is 4.93 Å². The molecule has 6 rings (SSSR count). The van der Waals surface area contributed by atoms with Crippen LogP contribution in [0.3, 0.4) is 0 Å². The number of hydrogen-bond donors (Lipinski definition) is 3. The van der Waals surface area contributed by atoms with E-state index in [-0.39, 0.29) is 23.0 Å². The zero-order valence-electron chi connectivity index (χ0n) is 23.5. The third-order valence-electron chi connectivity index (χ3n) is 5.86. The maximum Gasteiger partial charge on any atom is 0.507 e. The van der Waals surface area contributed by atoms with E-state index in [1.165, 1.54) is 28.9 Å². The number of halogens is 4. The summed E-state index contributed by atoms with van der Waals surface area (Å²) >= 11 is 2.15.